The number of nitrogens with one attached hydrogen (secondary N) is 2. The lowest BCUT2D eigenvalue weighted by atomic mass is 9.97. The summed E-state index contributed by atoms with van der Waals surface area (Å²) in [6, 6.07) is 6.20. The van der Waals surface area contributed by atoms with Crippen LogP contribution in [0.1, 0.15) is 44.0 Å². The van der Waals surface area contributed by atoms with Crippen LogP contribution in [0.25, 0.3) is 11.3 Å². The molecule has 198 valence electrons. The third-order valence-corrected chi connectivity index (χ3v) is 7.25. The molecule has 1 aliphatic heterocycles. The molecule has 2 aromatic rings. The molecular weight excluding hydrogens is 485 g/mol. The number of hydrogen-bond donors (Lipinski definition) is 2. The molecule has 2 N–H and O–H groups in total. The molecule has 1 fully saturated rings. The lowest BCUT2D eigenvalue weighted by Crippen LogP contribution is -2.36. The van der Waals surface area contributed by atoms with Crippen molar-refractivity contribution in [1.82, 2.24) is 25.3 Å². The van der Waals surface area contributed by atoms with E-state index < -0.39 is 6.23 Å². The maximum atomic E-state index is 13.7. The Morgan fingerprint density at radius 1 is 1.21 bits per heavy atom. The van der Waals surface area contributed by atoms with Gasteiger partial charge >= 0.3 is 0 Å². The van der Waals surface area contributed by atoms with E-state index in [1.165, 1.54) is 17.7 Å². The first kappa shape index (κ1) is 25.7. The summed E-state index contributed by atoms with van der Waals surface area (Å²) in [7, 11) is 1.83. The van der Waals surface area contributed by atoms with Crippen LogP contribution in [0.2, 0.25) is 0 Å². The molecule has 3 aliphatic rings. The summed E-state index contributed by atoms with van der Waals surface area (Å²) in [6.45, 7) is 2.52. The molecule has 0 spiro atoms. The van der Waals surface area contributed by atoms with Crippen LogP contribution < -0.4 is 10.6 Å². The van der Waals surface area contributed by atoms with Gasteiger partial charge in [0.2, 0.25) is 6.41 Å². The number of carbonyl (C=O) groups is 2. The van der Waals surface area contributed by atoms with Crippen LogP contribution in [0.3, 0.4) is 0 Å². The number of nitrogens with zero attached hydrogens (tertiary/aromatic N) is 3. The van der Waals surface area contributed by atoms with Gasteiger partial charge in [0.1, 0.15) is 18.1 Å². The Labute approximate surface area is 221 Å². The van der Waals surface area contributed by atoms with Crippen LogP contribution in [0, 0.1) is 5.82 Å². The molecule has 5 rings (SSSR count). The van der Waals surface area contributed by atoms with E-state index in [4.69, 9.17) is 9.84 Å². The number of allylic oxidation sites excluding steroid dienone is 5. The molecule has 0 saturated carbocycles. The van der Waals surface area contributed by atoms with E-state index in [-0.39, 0.29) is 30.4 Å². The number of ether oxygens (including phenoxy) is 1. The van der Waals surface area contributed by atoms with Gasteiger partial charge in [0.05, 0.1) is 12.1 Å². The van der Waals surface area contributed by atoms with Gasteiger partial charge in [0.15, 0.2) is 6.23 Å². The van der Waals surface area contributed by atoms with Gasteiger partial charge in [-0.15, -0.1) is 0 Å². The van der Waals surface area contributed by atoms with Crippen molar-refractivity contribution in [3.05, 3.63) is 89.1 Å². The Hall–Kier alpha value is -3.98. The highest BCUT2D eigenvalue weighted by Gasteiger charge is 2.36. The Kier molecular flexibility index (Phi) is 7.55. The fraction of sp³-hybridized carbons (Fsp3) is 0.345. The standard InChI is InChI=1S/C29H32FN5O3/c1-19-3-10-23(11-4-19)35-16-24(28(33-35)21-6-8-22(30)9-7-21)29-34(27(37)17-38-29)14-13-20-5-12-25(32-18-36)26(15-20)31-2/h3-10,15-16,18,23,25,29,31H,11-14,17H2,1-2H3,(H,32,36). The van der Waals surface area contributed by atoms with Crippen molar-refractivity contribution >= 4 is 12.3 Å². The Morgan fingerprint density at radius 2 is 2.03 bits per heavy atom. The molecule has 2 amide bonds. The molecule has 2 aliphatic carbocycles. The zero-order chi connectivity index (χ0) is 26.6. The molecular formula is C29H32FN5O3. The summed E-state index contributed by atoms with van der Waals surface area (Å²) in [6.07, 6.45) is 14.7. The minimum Gasteiger partial charge on any atom is -0.390 e. The highest BCUT2D eigenvalue weighted by Crippen LogP contribution is 2.36. The second-order valence-corrected chi connectivity index (χ2v) is 9.73. The normalized spacial score (nSPS) is 23.1. The fourth-order valence-corrected chi connectivity index (χ4v) is 5.12. The monoisotopic (exact) mass is 517 g/mol. The Morgan fingerprint density at radius 3 is 2.74 bits per heavy atom. The van der Waals surface area contributed by atoms with Gasteiger partial charge in [-0.3, -0.25) is 14.3 Å². The predicted molar refractivity (Wildman–Crippen MR) is 142 cm³/mol. The lowest BCUT2D eigenvalue weighted by Gasteiger charge is -2.26. The molecule has 1 saturated heterocycles. The van der Waals surface area contributed by atoms with Gasteiger partial charge in [0.25, 0.3) is 5.91 Å². The van der Waals surface area contributed by atoms with E-state index >= 15 is 0 Å². The largest absolute Gasteiger partial charge is 0.390 e. The highest BCUT2D eigenvalue weighted by molar-refractivity contribution is 5.80. The molecule has 0 bridgehead atoms. The average Bonchev–Trinajstić information content (AvgIpc) is 3.52. The summed E-state index contributed by atoms with van der Waals surface area (Å²) in [5.41, 5.74) is 5.44. The summed E-state index contributed by atoms with van der Waals surface area (Å²) in [5, 5.41) is 10.9. The summed E-state index contributed by atoms with van der Waals surface area (Å²) in [4.78, 5) is 25.6. The molecule has 1 aromatic carbocycles. The SMILES string of the molecule is CNC1=CC(CCN2C(=O)COC2c2cn(C3C=CC(C)=CC3)nc2-c2ccc(F)cc2)=CCC1NC=O. The van der Waals surface area contributed by atoms with Crippen LogP contribution in [0.4, 0.5) is 4.39 Å². The van der Waals surface area contributed by atoms with Crippen LogP contribution in [0.5, 0.6) is 0 Å². The van der Waals surface area contributed by atoms with Crippen molar-refractivity contribution in [2.24, 2.45) is 0 Å². The maximum absolute atomic E-state index is 13.7. The Bertz CT molecular complexity index is 1320. The summed E-state index contributed by atoms with van der Waals surface area (Å²) in [5.74, 6) is -0.404. The molecule has 1 aromatic heterocycles. The van der Waals surface area contributed by atoms with Gasteiger partial charge in [-0.05, 0) is 62.1 Å². The highest BCUT2D eigenvalue weighted by atomic mass is 19.1. The van der Waals surface area contributed by atoms with E-state index in [9.17, 15) is 14.0 Å². The molecule has 3 atom stereocenters. The van der Waals surface area contributed by atoms with E-state index in [1.54, 1.807) is 17.0 Å². The van der Waals surface area contributed by atoms with E-state index in [0.717, 1.165) is 28.8 Å². The number of benzene rings is 1. The second-order valence-electron chi connectivity index (χ2n) is 9.73. The van der Waals surface area contributed by atoms with Gasteiger partial charge in [0, 0.05) is 36.6 Å². The van der Waals surface area contributed by atoms with Crippen molar-refractivity contribution in [3.63, 3.8) is 0 Å². The molecule has 9 heteroatoms. The second kappa shape index (κ2) is 11.2. The van der Waals surface area contributed by atoms with Crippen molar-refractivity contribution in [3.8, 4) is 11.3 Å². The maximum Gasteiger partial charge on any atom is 0.250 e. The quantitative estimate of drug-likeness (QED) is 0.492. The van der Waals surface area contributed by atoms with E-state index in [0.29, 0.717) is 31.5 Å². The van der Waals surface area contributed by atoms with E-state index in [1.807, 2.05) is 24.0 Å². The van der Waals surface area contributed by atoms with E-state index in [2.05, 4.69) is 41.9 Å². The number of rotatable bonds is 9. The van der Waals surface area contributed by atoms with Gasteiger partial charge < -0.3 is 20.3 Å². The van der Waals surface area contributed by atoms with Gasteiger partial charge in [-0.25, -0.2) is 4.39 Å². The minimum absolute atomic E-state index is 0.00799. The van der Waals surface area contributed by atoms with Crippen LogP contribution >= 0.6 is 0 Å². The molecule has 3 unspecified atom stereocenters. The van der Waals surface area contributed by atoms with Gasteiger partial charge in [-0.1, -0.05) is 29.9 Å². The topological polar surface area (TPSA) is 88.5 Å². The zero-order valence-electron chi connectivity index (χ0n) is 21.6. The molecule has 38 heavy (non-hydrogen) atoms. The average molecular weight is 518 g/mol. The fourth-order valence-electron chi connectivity index (χ4n) is 5.12. The minimum atomic E-state index is -0.595. The summed E-state index contributed by atoms with van der Waals surface area (Å²) >= 11 is 0. The number of aromatic nitrogens is 2. The first-order valence-electron chi connectivity index (χ1n) is 12.9. The Balaban J connectivity index is 1.41. The predicted octanol–water partition coefficient (Wildman–Crippen LogP) is 3.93. The first-order chi connectivity index (χ1) is 18.5. The number of hydrogen-bond acceptors (Lipinski definition) is 5. The smallest absolute Gasteiger partial charge is 0.250 e. The van der Waals surface area contributed by atoms with Crippen molar-refractivity contribution in [1.29, 1.82) is 0 Å². The lowest BCUT2D eigenvalue weighted by molar-refractivity contribution is -0.128. The number of carbonyl (C=O) groups excluding carboxylic acids is 2. The number of amides is 2. The van der Waals surface area contributed by atoms with Crippen molar-refractivity contribution in [2.75, 3.05) is 20.2 Å². The zero-order valence-corrected chi connectivity index (χ0v) is 21.6. The molecule has 0 radical (unpaired) electrons. The van der Waals surface area contributed by atoms with Crippen LogP contribution in [-0.2, 0) is 14.3 Å². The third kappa shape index (κ3) is 5.33. The molecule has 2 heterocycles. The van der Waals surface area contributed by atoms with Crippen molar-refractivity contribution < 1.29 is 18.7 Å². The first-order valence-corrected chi connectivity index (χ1v) is 12.9. The van der Waals surface area contributed by atoms with Crippen molar-refractivity contribution in [2.45, 2.75) is 44.5 Å². The van der Waals surface area contributed by atoms with Crippen LogP contribution in [0.15, 0.2) is 77.7 Å². The number of halogens is 1. The molecule has 8 nitrogen and oxygen atoms in total. The van der Waals surface area contributed by atoms with Crippen LogP contribution in [-0.4, -0.2) is 53.2 Å². The number of likely N-dealkylation sites (N-methyl/N-ethyl adjacent to an activating group) is 1. The summed E-state index contributed by atoms with van der Waals surface area (Å²) < 4.78 is 21.6. The third-order valence-electron chi connectivity index (χ3n) is 7.25. The van der Waals surface area contributed by atoms with Gasteiger partial charge in [-0.2, -0.15) is 5.10 Å².